The Hall–Kier alpha value is -2.17. The van der Waals surface area contributed by atoms with E-state index < -0.39 is 0 Å². The lowest BCUT2D eigenvalue weighted by atomic mass is 9.79. The molecule has 0 N–H and O–H groups in total. The van der Waals surface area contributed by atoms with Gasteiger partial charge in [0.15, 0.2) is 0 Å². The molecule has 1 aliphatic rings. The Morgan fingerprint density at radius 1 is 1.17 bits per heavy atom. The van der Waals surface area contributed by atoms with E-state index in [4.69, 9.17) is 4.74 Å². The van der Waals surface area contributed by atoms with Gasteiger partial charge in [0.1, 0.15) is 5.65 Å². The van der Waals surface area contributed by atoms with Crippen molar-refractivity contribution < 1.29 is 4.74 Å². The van der Waals surface area contributed by atoms with Crippen LogP contribution in [0.3, 0.4) is 0 Å². The van der Waals surface area contributed by atoms with Crippen molar-refractivity contribution in [3.05, 3.63) is 72.2 Å². The number of fused-ring (bicyclic) bond motifs is 1. The third-order valence-corrected chi connectivity index (χ3v) is 4.99. The lowest BCUT2D eigenvalue weighted by Gasteiger charge is -2.32. The zero-order valence-electron chi connectivity index (χ0n) is 14.1. The molecule has 0 bridgehead atoms. The average Bonchev–Trinajstić information content (AvgIpc) is 3.24. The van der Waals surface area contributed by atoms with Crippen LogP contribution in [0.2, 0.25) is 0 Å². The fourth-order valence-electron chi connectivity index (χ4n) is 3.79. The minimum absolute atomic E-state index is 0.0938. The minimum Gasteiger partial charge on any atom is -0.380 e. The van der Waals surface area contributed by atoms with Crippen LogP contribution in [0.15, 0.2) is 60.9 Å². The van der Waals surface area contributed by atoms with Crippen LogP contribution in [0, 0.1) is 0 Å². The molecular formula is C20H23N3O. The van der Waals surface area contributed by atoms with Crippen molar-refractivity contribution in [2.24, 2.45) is 0 Å². The molecule has 0 amide bonds. The van der Waals surface area contributed by atoms with Crippen LogP contribution in [-0.2, 0) is 16.7 Å². The summed E-state index contributed by atoms with van der Waals surface area (Å²) in [5.74, 6) is 0. The molecule has 1 fully saturated rings. The summed E-state index contributed by atoms with van der Waals surface area (Å²) in [5, 5.41) is 0. The molecule has 3 heterocycles. The summed E-state index contributed by atoms with van der Waals surface area (Å²) in [7, 11) is 2.19. The molecule has 3 aromatic rings. The van der Waals surface area contributed by atoms with Crippen molar-refractivity contribution in [1.82, 2.24) is 14.3 Å². The maximum Gasteiger partial charge on any atom is 0.136 e. The van der Waals surface area contributed by atoms with Crippen LogP contribution in [0.4, 0.5) is 0 Å². The van der Waals surface area contributed by atoms with Gasteiger partial charge in [-0.1, -0.05) is 36.4 Å². The maximum atomic E-state index is 5.78. The molecular weight excluding hydrogens is 298 g/mol. The van der Waals surface area contributed by atoms with Crippen LogP contribution in [-0.4, -0.2) is 41.1 Å². The second-order valence-electron chi connectivity index (χ2n) is 6.80. The first-order valence-corrected chi connectivity index (χ1v) is 8.50. The van der Waals surface area contributed by atoms with E-state index >= 15 is 0 Å². The molecule has 4 nitrogen and oxygen atoms in total. The number of rotatable bonds is 5. The number of pyridine rings is 1. The first-order chi connectivity index (χ1) is 11.8. The van der Waals surface area contributed by atoms with Gasteiger partial charge in [-0.2, -0.15) is 0 Å². The number of aromatic nitrogens is 2. The molecule has 4 rings (SSSR count). The summed E-state index contributed by atoms with van der Waals surface area (Å²) in [6.45, 7) is 3.50. The molecule has 24 heavy (non-hydrogen) atoms. The lowest BCUT2D eigenvalue weighted by molar-refractivity contribution is 0.157. The summed E-state index contributed by atoms with van der Waals surface area (Å²) < 4.78 is 7.94. The van der Waals surface area contributed by atoms with E-state index in [1.165, 1.54) is 11.3 Å². The molecule has 1 saturated heterocycles. The third-order valence-electron chi connectivity index (χ3n) is 4.99. The van der Waals surface area contributed by atoms with Gasteiger partial charge in [0, 0.05) is 31.3 Å². The first-order valence-electron chi connectivity index (χ1n) is 8.50. The van der Waals surface area contributed by atoms with E-state index in [9.17, 15) is 0 Å². The molecule has 1 aliphatic heterocycles. The Balaban J connectivity index is 1.55. The SMILES string of the molecule is CN(Cc1cnc2ccccn12)C[C@@]1(c2ccccc2)CCOC1. The number of imidazole rings is 1. The van der Waals surface area contributed by atoms with Gasteiger partial charge in [-0.15, -0.1) is 0 Å². The summed E-state index contributed by atoms with van der Waals surface area (Å²) in [4.78, 5) is 6.88. The highest BCUT2D eigenvalue weighted by Gasteiger charge is 2.37. The maximum absolute atomic E-state index is 5.78. The topological polar surface area (TPSA) is 29.8 Å². The van der Waals surface area contributed by atoms with E-state index in [0.29, 0.717) is 0 Å². The largest absolute Gasteiger partial charge is 0.380 e. The normalized spacial score (nSPS) is 20.9. The van der Waals surface area contributed by atoms with Gasteiger partial charge < -0.3 is 9.14 Å². The third kappa shape index (κ3) is 2.83. The number of nitrogens with zero attached hydrogens (tertiary/aromatic N) is 3. The fourth-order valence-corrected chi connectivity index (χ4v) is 3.79. The Morgan fingerprint density at radius 3 is 2.79 bits per heavy atom. The predicted octanol–water partition coefficient (Wildman–Crippen LogP) is 3.12. The van der Waals surface area contributed by atoms with Gasteiger partial charge in [-0.25, -0.2) is 4.98 Å². The molecule has 2 aromatic heterocycles. The van der Waals surface area contributed by atoms with Crippen LogP contribution in [0.25, 0.3) is 5.65 Å². The predicted molar refractivity (Wildman–Crippen MR) is 95.1 cm³/mol. The highest BCUT2D eigenvalue weighted by atomic mass is 16.5. The number of benzene rings is 1. The number of likely N-dealkylation sites (N-methyl/N-ethyl adjacent to an activating group) is 1. The molecule has 0 radical (unpaired) electrons. The summed E-state index contributed by atoms with van der Waals surface area (Å²) in [6, 6.07) is 16.9. The molecule has 0 unspecified atom stereocenters. The zero-order valence-corrected chi connectivity index (χ0v) is 14.1. The zero-order chi connectivity index (χ0) is 16.4. The Labute approximate surface area is 142 Å². The number of hydrogen-bond donors (Lipinski definition) is 0. The van der Waals surface area contributed by atoms with Crippen molar-refractivity contribution in [3.8, 4) is 0 Å². The van der Waals surface area contributed by atoms with Crippen molar-refractivity contribution in [2.45, 2.75) is 18.4 Å². The Morgan fingerprint density at radius 2 is 2.00 bits per heavy atom. The van der Waals surface area contributed by atoms with Gasteiger partial charge >= 0.3 is 0 Å². The van der Waals surface area contributed by atoms with E-state index in [1.807, 2.05) is 18.3 Å². The van der Waals surface area contributed by atoms with E-state index in [1.54, 1.807) is 0 Å². The Kier molecular flexibility index (Phi) is 4.08. The van der Waals surface area contributed by atoms with Crippen LogP contribution in [0.1, 0.15) is 17.7 Å². The summed E-state index contributed by atoms with van der Waals surface area (Å²) in [6.07, 6.45) is 5.14. The minimum atomic E-state index is 0.0938. The van der Waals surface area contributed by atoms with Crippen LogP contribution in [0.5, 0.6) is 0 Å². The Bertz CT molecular complexity index is 806. The first kappa shape index (κ1) is 15.4. The van der Waals surface area contributed by atoms with E-state index in [2.05, 4.69) is 63.9 Å². The van der Waals surface area contributed by atoms with Crippen molar-refractivity contribution >= 4 is 5.65 Å². The fraction of sp³-hybridized carbons (Fsp3) is 0.350. The van der Waals surface area contributed by atoms with Gasteiger partial charge in [0.2, 0.25) is 0 Å². The standard InChI is InChI=1S/C20H23N3O/c1-22(14-18-13-21-19-9-5-6-11-23(18)19)15-20(10-12-24-16-20)17-7-3-2-4-8-17/h2-9,11,13H,10,12,14-16H2,1H3/t20-/m0/s1. The van der Waals surface area contributed by atoms with Crippen molar-refractivity contribution in [3.63, 3.8) is 0 Å². The van der Waals surface area contributed by atoms with Gasteiger partial charge in [-0.3, -0.25) is 4.90 Å². The molecule has 0 aliphatic carbocycles. The average molecular weight is 321 g/mol. The molecule has 4 heteroatoms. The second-order valence-corrected chi connectivity index (χ2v) is 6.80. The monoisotopic (exact) mass is 321 g/mol. The van der Waals surface area contributed by atoms with E-state index in [0.717, 1.165) is 38.4 Å². The van der Waals surface area contributed by atoms with Gasteiger partial charge in [-0.05, 0) is 31.2 Å². The van der Waals surface area contributed by atoms with Crippen LogP contribution < -0.4 is 0 Å². The van der Waals surface area contributed by atoms with E-state index in [-0.39, 0.29) is 5.41 Å². The molecule has 0 saturated carbocycles. The highest BCUT2D eigenvalue weighted by molar-refractivity contribution is 5.39. The smallest absolute Gasteiger partial charge is 0.136 e. The number of ether oxygens (including phenoxy) is 1. The molecule has 1 atom stereocenters. The highest BCUT2D eigenvalue weighted by Crippen LogP contribution is 2.34. The second kappa shape index (κ2) is 6.38. The quantitative estimate of drug-likeness (QED) is 0.723. The van der Waals surface area contributed by atoms with Crippen molar-refractivity contribution in [1.29, 1.82) is 0 Å². The summed E-state index contributed by atoms with van der Waals surface area (Å²) >= 11 is 0. The van der Waals surface area contributed by atoms with Crippen LogP contribution >= 0.6 is 0 Å². The van der Waals surface area contributed by atoms with Crippen molar-refractivity contribution in [2.75, 3.05) is 26.8 Å². The molecule has 1 aromatic carbocycles. The summed E-state index contributed by atoms with van der Waals surface area (Å²) in [5.41, 5.74) is 3.70. The molecule has 124 valence electrons. The lowest BCUT2D eigenvalue weighted by Crippen LogP contribution is -2.39. The van der Waals surface area contributed by atoms with Gasteiger partial charge in [0.05, 0.1) is 18.5 Å². The molecule has 0 spiro atoms. The van der Waals surface area contributed by atoms with Gasteiger partial charge in [0.25, 0.3) is 0 Å². The number of hydrogen-bond acceptors (Lipinski definition) is 3.